The Kier molecular flexibility index (Phi) is 4.63. The Balaban J connectivity index is 1.46. The molecule has 6 heteroatoms. The molecule has 0 aliphatic carbocycles. The first-order valence-corrected chi connectivity index (χ1v) is 10.2. The van der Waals surface area contributed by atoms with Crippen LogP contribution >= 0.6 is 11.3 Å². The second kappa shape index (κ2) is 7.58. The number of rotatable bonds is 6. The van der Waals surface area contributed by atoms with E-state index >= 15 is 0 Å². The molecule has 3 aromatic heterocycles. The summed E-state index contributed by atoms with van der Waals surface area (Å²) in [6, 6.07) is 20.5. The molecule has 3 N–H and O–H groups in total. The zero-order chi connectivity index (χ0) is 19.6. The van der Waals surface area contributed by atoms with Gasteiger partial charge in [-0.25, -0.2) is 4.98 Å². The monoisotopic (exact) mass is 401 g/mol. The van der Waals surface area contributed by atoms with Crippen LogP contribution in [0, 0.1) is 0 Å². The van der Waals surface area contributed by atoms with Gasteiger partial charge in [-0.2, -0.15) is 0 Å². The van der Waals surface area contributed by atoms with Gasteiger partial charge < -0.3 is 20.1 Å². The van der Waals surface area contributed by atoms with E-state index in [9.17, 15) is 0 Å². The lowest BCUT2D eigenvalue weighted by Crippen LogP contribution is -2.01. The number of aliphatic hydroxyl groups excluding tert-OH is 1. The molecule has 0 saturated heterocycles. The summed E-state index contributed by atoms with van der Waals surface area (Å²) in [5.74, 6) is 1.62. The fourth-order valence-electron chi connectivity index (χ4n) is 3.34. The van der Waals surface area contributed by atoms with Gasteiger partial charge in [0.05, 0.1) is 11.3 Å². The molecule has 3 heterocycles. The number of aliphatic hydroxyl groups is 1. The molecule has 0 fully saturated rings. The van der Waals surface area contributed by atoms with Gasteiger partial charge in [0.2, 0.25) is 0 Å². The lowest BCUT2D eigenvalue weighted by molar-refractivity contribution is 0.201. The van der Waals surface area contributed by atoms with Crippen molar-refractivity contribution < 1.29 is 9.84 Å². The van der Waals surface area contributed by atoms with Crippen LogP contribution in [0.25, 0.3) is 31.4 Å². The van der Waals surface area contributed by atoms with Crippen LogP contribution in [0.4, 0.5) is 11.5 Å². The molecule has 0 aliphatic rings. The lowest BCUT2D eigenvalue weighted by atomic mass is 10.1. The standard InChI is InChI=1S/C23H19N3O2S/c27-11-12-28-19-4-1-15(2-5-19)21-14-17-8-10-25-23(22(17)29-21)26-18-3-6-20-16(13-18)7-9-24-20/h1-10,13-14,24,27H,11-12H2,(H,25,26). The summed E-state index contributed by atoms with van der Waals surface area (Å²) in [5, 5.41) is 14.7. The molecule has 29 heavy (non-hydrogen) atoms. The second-order valence-corrected chi connectivity index (χ2v) is 7.74. The number of fused-ring (bicyclic) bond motifs is 2. The largest absolute Gasteiger partial charge is 0.491 e. The minimum atomic E-state index is 0.0118. The molecule has 5 aromatic rings. The lowest BCUT2D eigenvalue weighted by Gasteiger charge is -2.06. The van der Waals surface area contributed by atoms with E-state index in [1.807, 2.05) is 42.7 Å². The second-order valence-electron chi connectivity index (χ2n) is 6.69. The minimum absolute atomic E-state index is 0.0118. The maximum atomic E-state index is 8.88. The van der Waals surface area contributed by atoms with Crippen LogP contribution in [0.3, 0.4) is 0 Å². The van der Waals surface area contributed by atoms with E-state index in [0.29, 0.717) is 6.61 Å². The first kappa shape index (κ1) is 17.7. The van der Waals surface area contributed by atoms with Gasteiger partial charge in [-0.3, -0.25) is 0 Å². The Bertz CT molecular complexity index is 1270. The highest BCUT2D eigenvalue weighted by Gasteiger charge is 2.10. The molecule has 0 amide bonds. The Labute approximate surface area is 171 Å². The van der Waals surface area contributed by atoms with Crippen LogP contribution < -0.4 is 10.1 Å². The van der Waals surface area contributed by atoms with Crippen LogP contribution in [0.2, 0.25) is 0 Å². The van der Waals surface area contributed by atoms with Crippen LogP contribution in [0.5, 0.6) is 5.75 Å². The number of aromatic amines is 1. The number of hydrogen-bond donors (Lipinski definition) is 3. The fraction of sp³-hybridized carbons (Fsp3) is 0.0870. The highest BCUT2D eigenvalue weighted by atomic mass is 32.1. The average molecular weight is 401 g/mol. The van der Waals surface area contributed by atoms with Crippen LogP contribution in [-0.2, 0) is 0 Å². The highest BCUT2D eigenvalue weighted by molar-refractivity contribution is 7.22. The zero-order valence-electron chi connectivity index (χ0n) is 15.6. The summed E-state index contributed by atoms with van der Waals surface area (Å²) in [6.07, 6.45) is 3.78. The van der Waals surface area contributed by atoms with Gasteiger partial charge in [-0.05, 0) is 71.6 Å². The Morgan fingerprint density at radius 3 is 2.76 bits per heavy atom. The molecule has 0 unspecified atom stereocenters. The van der Waals surface area contributed by atoms with Crippen molar-refractivity contribution >= 4 is 43.8 Å². The molecule has 5 nitrogen and oxygen atoms in total. The molecule has 0 radical (unpaired) electrons. The minimum Gasteiger partial charge on any atom is -0.491 e. The number of benzene rings is 2. The summed E-state index contributed by atoms with van der Waals surface area (Å²) in [7, 11) is 0. The molecule has 2 aromatic carbocycles. The van der Waals surface area contributed by atoms with E-state index < -0.39 is 0 Å². The smallest absolute Gasteiger partial charge is 0.148 e. The van der Waals surface area contributed by atoms with Gasteiger partial charge in [0.1, 0.15) is 18.2 Å². The topological polar surface area (TPSA) is 70.2 Å². The van der Waals surface area contributed by atoms with E-state index in [-0.39, 0.29) is 6.61 Å². The Hall–Kier alpha value is -3.35. The van der Waals surface area contributed by atoms with E-state index in [1.54, 1.807) is 11.3 Å². The van der Waals surface area contributed by atoms with Gasteiger partial charge in [0.25, 0.3) is 0 Å². The van der Waals surface area contributed by atoms with Crippen LogP contribution in [0.1, 0.15) is 0 Å². The summed E-state index contributed by atoms with van der Waals surface area (Å²) < 4.78 is 6.57. The van der Waals surface area contributed by atoms with E-state index in [0.717, 1.165) is 43.8 Å². The van der Waals surface area contributed by atoms with Crippen molar-refractivity contribution in [2.24, 2.45) is 0 Å². The number of ether oxygens (including phenoxy) is 1. The molecular weight excluding hydrogens is 382 g/mol. The van der Waals surface area contributed by atoms with Gasteiger partial charge in [-0.1, -0.05) is 0 Å². The number of nitrogens with zero attached hydrogens (tertiary/aromatic N) is 1. The molecule has 0 saturated carbocycles. The normalized spacial score (nSPS) is 11.2. The Morgan fingerprint density at radius 2 is 1.90 bits per heavy atom. The Morgan fingerprint density at radius 1 is 1.00 bits per heavy atom. The van der Waals surface area contributed by atoms with E-state index in [2.05, 4.69) is 45.6 Å². The van der Waals surface area contributed by atoms with Gasteiger partial charge >= 0.3 is 0 Å². The van der Waals surface area contributed by atoms with Crippen molar-refractivity contribution in [3.63, 3.8) is 0 Å². The SMILES string of the molecule is OCCOc1ccc(-c2cc3ccnc(Nc4ccc5[nH]ccc5c4)c3s2)cc1. The molecular formula is C23H19N3O2S. The van der Waals surface area contributed by atoms with Gasteiger partial charge in [0, 0.05) is 33.9 Å². The molecule has 0 spiro atoms. The third-order valence-corrected chi connectivity index (χ3v) is 5.96. The zero-order valence-corrected chi connectivity index (χ0v) is 16.4. The molecule has 0 atom stereocenters. The molecule has 5 rings (SSSR count). The van der Waals surface area contributed by atoms with Crippen molar-refractivity contribution in [1.29, 1.82) is 0 Å². The third-order valence-electron chi connectivity index (χ3n) is 4.75. The maximum absolute atomic E-state index is 8.88. The summed E-state index contributed by atoms with van der Waals surface area (Å²) >= 11 is 1.71. The number of aromatic nitrogens is 2. The quantitative estimate of drug-likeness (QED) is 0.348. The highest BCUT2D eigenvalue weighted by Crippen LogP contribution is 2.38. The van der Waals surface area contributed by atoms with Crippen LogP contribution in [0.15, 0.2) is 73.1 Å². The number of hydrogen-bond acceptors (Lipinski definition) is 5. The third kappa shape index (κ3) is 3.55. The van der Waals surface area contributed by atoms with Crippen LogP contribution in [-0.4, -0.2) is 28.3 Å². The van der Waals surface area contributed by atoms with Crippen molar-refractivity contribution in [2.45, 2.75) is 0 Å². The van der Waals surface area contributed by atoms with Gasteiger partial charge in [0.15, 0.2) is 0 Å². The predicted octanol–water partition coefficient (Wildman–Crippen LogP) is 5.56. The number of H-pyrrole nitrogens is 1. The average Bonchev–Trinajstić information content (AvgIpc) is 3.40. The van der Waals surface area contributed by atoms with Gasteiger partial charge in [-0.15, -0.1) is 11.3 Å². The summed E-state index contributed by atoms with van der Waals surface area (Å²) in [4.78, 5) is 8.96. The van der Waals surface area contributed by atoms with Crippen molar-refractivity contribution in [3.05, 3.63) is 73.1 Å². The summed E-state index contributed by atoms with van der Waals surface area (Å²) in [5.41, 5.74) is 3.26. The maximum Gasteiger partial charge on any atom is 0.148 e. The van der Waals surface area contributed by atoms with E-state index in [1.165, 1.54) is 4.88 Å². The predicted molar refractivity (Wildman–Crippen MR) is 119 cm³/mol. The van der Waals surface area contributed by atoms with E-state index in [4.69, 9.17) is 9.84 Å². The first-order chi connectivity index (χ1) is 14.3. The first-order valence-electron chi connectivity index (χ1n) is 9.37. The van der Waals surface area contributed by atoms with Crippen molar-refractivity contribution in [1.82, 2.24) is 9.97 Å². The number of nitrogens with one attached hydrogen (secondary N) is 2. The van der Waals surface area contributed by atoms with Crippen molar-refractivity contribution in [2.75, 3.05) is 18.5 Å². The number of anilines is 2. The molecule has 0 bridgehead atoms. The van der Waals surface area contributed by atoms with Crippen molar-refractivity contribution in [3.8, 4) is 16.2 Å². The summed E-state index contributed by atoms with van der Waals surface area (Å²) in [6.45, 7) is 0.315. The number of pyridine rings is 1. The molecule has 144 valence electrons. The fourth-order valence-corrected chi connectivity index (χ4v) is 4.45. The molecule has 0 aliphatic heterocycles. The number of thiophene rings is 1.